The number of hydrogen-bond acceptors (Lipinski definition) is 1. The van der Waals surface area contributed by atoms with Crippen LogP contribution in [0.4, 0.5) is 18.9 Å². The van der Waals surface area contributed by atoms with Crippen LogP contribution < -0.4 is 4.90 Å². The van der Waals surface area contributed by atoms with Crippen LogP contribution >= 0.6 is 11.6 Å². The molecule has 1 aliphatic rings. The van der Waals surface area contributed by atoms with Crippen molar-refractivity contribution in [1.29, 1.82) is 0 Å². The smallest absolute Gasteiger partial charge is 0.303 e. The van der Waals surface area contributed by atoms with Gasteiger partial charge in [0.25, 0.3) is 5.91 Å². The van der Waals surface area contributed by atoms with Crippen LogP contribution in [0.3, 0.4) is 0 Å². The molecular weight excluding hydrogens is 399 g/mol. The summed E-state index contributed by atoms with van der Waals surface area (Å²) in [5.41, 5.74) is 2.12. The van der Waals surface area contributed by atoms with Gasteiger partial charge in [-0.3, -0.25) is 4.79 Å². The van der Waals surface area contributed by atoms with Crippen LogP contribution in [0.1, 0.15) is 22.3 Å². The van der Waals surface area contributed by atoms with Crippen molar-refractivity contribution >= 4 is 34.8 Å². The predicted octanol–water partition coefficient (Wildman–Crippen LogP) is 6.45. The van der Waals surface area contributed by atoms with Crippen LogP contribution in [0, 0.1) is 0 Å². The first kappa shape index (κ1) is 19.3. The van der Waals surface area contributed by atoms with Gasteiger partial charge in [-0.2, -0.15) is 13.2 Å². The molecule has 0 spiro atoms. The maximum atomic E-state index is 13.2. The minimum atomic E-state index is -4.45. The van der Waals surface area contributed by atoms with E-state index in [1.165, 1.54) is 12.1 Å². The number of anilines is 1. The van der Waals surface area contributed by atoms with E-state index in [-0.39, 0.29) is 5.91 Å². The Balaban J connectivity index is 1.77. The van der Waals surface area contributed by atoms with Gasteiger partial charge in [-0.05, 0) is 41.5 Å². The Kier molecular flexibility index (Phi) is 4.92. The zero-order valence-electron chi connectivity index (χ0n) is 15.1. The maximum Gasteiger partial charge on any atom is 0.416 e. The highest BCUT2D eigenvalue weighted by atomic mass is 35.5. The summed E-state index contributed by atoms with van der Waals surface area (Å²) < 4.78 is 39.1. The minimum absolute atomic E-state index is 0.275. The van der Waals surface area contributed by atoms with Gasteiger partial charge >= 0.3 is 6.18 Å². The third-order valence-electron chi connectivity index (χ3n) is 4.72. The lowest BCUT2D eigenvalue weighted by atomic mass is 10.0. The van der Waals surface area contributed by atoms with Crippen molar-refractivity contribution in [3.05, 3.63) is 100 Å². The van der Waals surface area contributed by atoms with Gasteiger partial charge in [0.1, 0.15) is 0 Å². The first-order chi connectivity index (χ1) is 13.8. The molecule has 0 aliphatic carbocycles. The number of carbonyl (C=O) groups is 1. The monoisotopic (exact) mass is 413 g/mol. The van der Waals surface area contributed by atoms with Crippen LogP contribution in [0.5, 0.6) is 0 Å². The van der Waals surface area contributed by atoms with E-state index < -0.39 is 11.7 Å². The average molecular weight is 414 g/mol. The first-order valence-corrected chi connectivity index (χ1v) is 9.25. The second kappa shape index (κ2) is 7.41. The molecule has 29 heavy (non-hydrogen) atoms. The zero-order chi connectivity index (χ0) is 20.6. The Bertz CT molecular complexity index is 1110. The number of carbonyl (C=O) groups excluding carboxylic acids is 1. The largest absolute Gasteiger partial charge is 0.416 e. The Morgan fingerprint density at radius 1 is 0.931 bits per heavy atom. The van der Waals surface area contributed by atoms with E-state index in [4.69, 9.17) is 11.6 Å². The van der Waals surface area contributed by atoms with Crippen LogP contribution in [-0.2, 0) is 17.5 Å². The number of halogens is 4. The van der Waals surface area contributed by atoms with E-state index in [0.29, 0.717) is 34.0 Å². The molecule has 0 saturated carbocycles. The van der Waals surface area contributed by atoms with Crippen LogP contribution in [0.15, 0.2) is 72.8 Å². The number of hydrogen-bond donors (Lipinski definition) is 0. The third-order valence-corrected chi connectivity index (χ3v) is 4.96. The molecule has 0 bridgehead atoms. The second-order valence-corrected chi connectivity index (χ2v) is 7.16. The molecule has 3 aromatic carbocycles. The third kappa shape index (κ3) is 3.91. The van der Waals surface area contributed by atoms with Gasteiger partial charge in [-0.1, -0.05) is 60.1 Å². The van der Waals surface area contributed by atoms with E-state index in [1.807, 2.05) is 30.3 Å². The molecule has 0 N–H and O–H groups in total. The molecule has 0 radical (unpaired) electrons. The molecule has 1 heterocycles. The van der Waals surface area contributed by atoms with Gasteiger partial charge in [0, 0.05) is 16.2 Å². The van der Waals surface area contributed by atoms with E-state index in [2.05, 4.69) is 0 Å². The van der Waals surface area contributed by atoms with Crippen molar-refractivity contribution in [2.75, 3.05) is 4.90 Å². The summed E-state index contributed by atoms with van der Waals surface area (Å²) in [5.74, 6) is -0.275. The summed E-state index contributed by atoms with van der Waals surface area (Å²) in [6.45, 7) is 0.340. The fourth-order valence-electron chi connectivity index (χ4n) is 3.36. The number of fused-ring (bicyclic) bond motifs is 1. The Labute approximate surface area is 170 Å². The number of alkyl halides is 3. The molecule has 1 amide bonds. The summed E-state index contributed by atoms with van der Waals surface area (Å²) in [6, 6.07) is 19.5. The molecule has 0 unspecified atom stereocenters. The predicted molar refractivity (Wildman–Crippen MR) is 108 cm³/mol. The number of benzene rings is 3. The van der Waals surface area contributed by atoms with Gasteiger partial charge in [0.05, 0.1) is 17.8 Å². The number of nitrogens with zero attached hydrogens (tertiary/aromatic N) is 1. The molecule has 0 aromatic heterocycles. The van der Waals surface area contributed by atoms with Crippen molar-refractivity contribution in [3.8, 4) is 0 Å². The van der Waals surface area contributed by atoms with E-state index in [9.17, 15) is 18.0 Å². The summed E-state index contributed by atoms with van der Waals surface area (Å²) >= 11 is 6.14. The molecule has 4 rings (SSSR count). The molecule has 3 aromatic rings. The molecule has 0 saturated heterocycles. The average Bonchev–Trinajstić information content (AvgIpc) is 2.93. The lowest BCUT2D eigenvalue weighted by molar-refractivity contribution is -0.137. The van der Waals surface area contributed by atoms with Gasteiger partial charge in [-0.25, -0.2) is 0 Å². The van der Waals surface area contributed by atoms with Crippen LogP contribution in [-0.4, -0.2) is 5.91 Å². The quantitative estimate of drug-likeness (QED) is 0.452. The summed E-state index contributed by atoms with van der Waals surface area (Å²) in [5, 5.41) is 0.481. The van der Waals surface area contributed by atoms with Crippen molar-refractivity contribution in [2.24, 2.45) is 0 Å². The Morgan fingerprint density at radius 2 is 1.69 bits per heavy atom. The topological polar surface area (TPSA) is 20.3 Å². The van der Waals surface area contributed by atoms with Gasteiger partial charge in [0.15, 0.2) is 0 Å². The highest BCUT2D eigenvalue weighted by Gasteiger charge is 2.33. The van der Waals surface area contributed by atoms with Crippen LogP contribution in [0.25, 0.3) is 11.6 Å². The summed E-state index contributed by atoms with van der Waals surface area (Å²) in [4.78, 5) is 14.7. The molecule has 2 nitrogen and oxygen atoms in total. The molecule has 146 valence electrons. The summed E-state index contributed by atoms with van der Waals surface area (Å²) in [7, 11) is 0. The van der Waals surface area contributed by atoms with Gasteiger partial charge in [-0.15, -0.1) is 0 Å². The Morgan fingerprint density at radius 3 is 2.41 bits per heavy atom. The minimum Gasteiger partial charge on any atom is -0.303 e. The SMILES string of the molecule is O=C1C(=Cc2cccc(C(F)(F)F)c2)c2ccc(Cl)cc2N1Cc1ccccc1. The zero-order valence-corrected chi connectivity index (χ0v) is 15.8. The number of rotatable bonds is 3. The first-order valence-electron chi connectivity index (χ1n) is 8.87. The fraction of sp³-hybridized carbons (Fsp3) is 0.0870. The molecule has 1 aliphatic heterocycles. The highest BCUT2D eigenvalue weighted by molar-refractivity contribution is 6.37. The van der Waals surface area contributed by atoms with E-state index >= 15 is 0 Å². The number of amides is 1. The lowest BCUT2D eigenvalue weighted by Gasteiger charge is -2.17. The van der Waals surface area contributed by atoms with Crippen molar-refractivity contribution < 1.29 is 18.0 Å². The normalized spacial score (nSPS) is 15.1. The van der Waals surface area contributed by atoms with Gasteiger partial charge < -0.3 is 4.90 Å². The van der Waals surface area contributed by atoms with E-state index in [0.717, 1.165) is 17.7 Å². The second-order valence-electron chi connectivity index (χ2n) is 6.72. The molecule has 0 atom stereocenters. The maximum absolute atomic E-state index is 13.2. The van der Waals surface area contributed by atoms with Crippen molar-refractivity contribution in [3.63, 3.8) is 0 Å². The highest BCUT2D eigenvalue weighted by Crippen LogP contribution is 2.40. The van der Waals surface area contributed by atoms with E-state index in [1.54, 1.807) is 29.2 Å². The fourth-order valence-corrected chi connectivity index (χ4v) is 3.53. The van der Waals surface area contributed by atoms with Crippen molar-refractivity contribution in [1.82, 2.24) is 0 Å². The standard InChI is InChI=1S/C23H15ClF3NO/c24-18-9-10-19-20(12-16-7-4-8-17(11-16)23(25,26)27)22(29)28(21(19)13-18)14-15-5-2-1-3-6-15/h1-13H,14H2. The molecule has 0 fully saturated rings. The van der Waals surface area contributed by atoms with Crippen molar-refractivity contribution in [2.45, 2.75) is 12.7 Å². The lowest BCUT2D eigenvalue weighted by Crippen LogP contribution is -2.25. The van der Waals surface area contributed by atoms with Gasteiger partial charge in [0.2, 0.25) is 0 Å². The Hall–Kier alpha value is -3.05. The summed E-state index contributed by atoms with van der Waals surface area (Å²) in [6.07, 6.45) is -2.95. The molecular formula is C23H15ClF3NO. The molecule has 6 heteroatoms. The van der Waals surface area contributed by atoms with Crippen LogP contribution in [0.2, 0.25) is 5.02 Å².